The summed E-state index contributed by atoms with van der Waals surface area (Å²) in [4.78, 5) is 26.4. The number of rotatable bonds is 7. The molecule has 1 aliphatic heterocycles. The zero-order chi connectivity index (χ0) is 25.1. The fourth-order valence-corrected chi connectivity index (χ4v) is 6.81. The smallest absolute Gasteiger partial charge is 0.359 e. The van der Waals surface area contributed by atoms with Crippen molar-refractivity contribution in [2.24, 2.45) is 10.2 Å². The van der Waals surface area contributed by atoms with E-state index in [4.69, 9.17) is 32.0 Å². The number of nitrogens with one attached hydrogen (secondary N) is 1. The van der Waals surface area contributed by atoms with Gasteiger partial charge in [-0.05, 0) is 53.2 Å². The molecule has 2 heterocycles. The van der Waals surface area contributed by atoms with Crippen LogP contribution >= 0.6 is 37.3 Å². The van der Waals surface area contributed by atoms with Crippen LogP contribution in [0.25, 0.3) is 11.3 Å². The Hall–Kier alpha value is -2.50. The van der Waals surface area contributed by atoms with Crippen molar-refractivity contribution in [2.45, 2.75) is 26.9 Å². The standard InChI is InChI=1S/C23H22Cl2N4O4P2/c1-4-32-15-8-6-7-14(12-15)27-28-19-20(30)26-17-10-9-13(3)11-16(17)18-23(35(24)25)34-21(29(18)19)22(31)33-5-2/h6-12,19H,4-5H2,1-3H3,(H,26,30). The monoisotopic (exact) mass is 550 g/mol. The molecule has 12 heteroatoms. The molecule has 8 nitrogen and oxygen atoms in total. The molecule has 0 bridgehead atoms. The predicted molar refractivity (Wildman–Crippen MR) is 141 cm³/mol. The molecular weight excluding hydrogens is 529 g/mol. The number of anilines is 1. The Kier molecular flexibility index (Phi) is 8.08. The SMILES string of the molecule is CCOC(=O)c1pc(P(Cl)Cl)c2n1C(N=Nc1cccc(OCC)c1)C(=O)Nc1ccc(C)cc1-2. The molecule has 4 rings (SSSR count). The van der Waals surface area contributed by atoms with Crippen molar-refractivity contribution in [1.82, 2.24) is 4.57 Å². The van der Waals surface area contributed by atoms with Gasteiger partial charge in [0, 0.05) is 11.6 Å². The third-order valence-electron chi connectivity index (χ3n) is 5.09. The Morgan fingerprint density at radius 3 is 2.71 bits per heavy atom. The van der Waals surface area contributed by atoms with Crippen LogP contribution in [0.4, 0.5) is 11.4 Å². The quantitative estimate of drug-likeness (QED) is 0.190. The Bertz CT molecular complexity index is 1310. The van der Waals surface area contributed by atoms with Crippen LogP contribution in [0.2, 0.25) is 0 Å². The topological polar surface area (TPSA) is 94.3 Å². The van der Waals surface area contributed by atoms with Gasteiger partial charge in [-0.15, -0.1) is 0 Å². The number of nitrogens with zero attached hydrogens (tertiary/aromatic N) is 3. The summed E-state index contributed by atoms with van der Waals surface area (Å²) in [6, 6.07) is 12.7. The molecule has 0 spiro atoms. The Morgan fingerprint density at radius 1 is 1.20 bits per heavy atom. The zero-order valence-electron chi connectivity index (χ0n) is 19.2. The molecule has 1 amide bonds. The number of ether oxygens (including phenoxy) is 2. The summed E-state index contributed by atoms with van der Waals surface area (Å²) < 4.78 is 12.4. The van der Waals surface area contributed by atoms with E-state index in [1.807, 2.05) is 32.0 Å². The Balaban J connectivity index is 1.93. The van der Waals surface area contributed by atoms with Crippen LogP contribution in [0.5, 0.6) is 5.75 Å². The van der Waals surface area contributed by atoms with Crippen molar-refractivity contribution < 1.29 is 19.1 Å². The predicted octanol–water partition coefficient (Wildman–Crippen LogP) is 7.27. The Morgan fingerprint density at radius 2 is 2.00 bits per heavy atom. The van der Waals surface area contributed by atoms with Crippen LogP contribution in [-0.2, 0) is 9.53 Å². The van der Waals surface area contributed by atoms with Gasteiger partial charge in [-0.25, -0.2) is 4.79 Å². The number of carbonyl (C=O) groups is 2. The number of amides is 1. The second-order valence-electron chi connectivity index (χ2n) is 7.49. The summed E-state index contributed by atoms with van der Waals surface area (Å²) in [5.74, 6) is -0.399. The summed E-state index contributed by atoms with van der Waals surface area (Å²) in [5.41, 5.74) is 3.51. The zero-order valence-corrected chi connectivity index (χ0v) is 22.5. The van der Waals surface area contributed by atoms with Gasteiger partial charge in [0.15, 0.2) is 5.43 Å². The van der Waals surface area contributed by atoms with E-state index in [1.54, 1.807) is 35.8 Å². The summed E-state index contributed by atoms with van der Waals surface area (Å²) >= 11 is 12.8. The normalized spacial score (nSPS) is 15.1. The highest BCUT2D eigenvalue weighted by Gasteiger charge is 2.37. The number of benzene rings is 2. The lowest BCUT2D eigenvalue weighted by atomic mass is 10.1. The van der Waals surface area contributed by atoms with E-state index in [-0.39, 0.29) is 12.0 Å². The lowest BCUT2D eigenvalue weighted by Gasteiger charge is -2.16. The van der Waals surface area contributed by atoms with Crippen LogP contribution in [0, 0.1) is 6.92 Å². The summed E-state index contributed by atoms with van der Waals surface area (Å²) in [7, 11) is 0.468. The number of carbonyl (C=O) groups excluding carboxylic acids is 2. The molecule has 1 aliphatic rings. The maximum atomic E-state index is 13.4. The maximum Gasteiger partial charge on any atom is 0.359 e. The Labute approximate surface area is 215 Å². The van der Waals surface area contributed by atoms with Crippen LogP contribution in [0.15, 0.2) is 52.7 Å². The minimum Gasteiger partial charge on any atom is -0.494 e. The number of azo groups is 1. The molecule has 2 aromatic carbocycles. The number of aryl methyl sites for hydroxylation is 1. The van der Waals surface area contributed by atoms with Crippen molar-refractivity contribution in [3.63, 3.8) is 0 Å². The fourth-order valence-electron chi connectivity index (χ4n) is 3.67. The number of fused-ring (bicyclic) bond motifs is 3. The van der Waals surface area contributed by atoms with Gasteiger partial charge in [0.2, 0.25) is 6.17 Å². The first-order chi connectivity index (χ1) is 16.8. The molecule has 3 aromatic rings. The van der Waals surface area contributed by atoms with E-state index in [9.17, 15) is 9.59 Å². The van der Waals surface area contributed by atoms with Crippen molar-refractivity contribution in [2.75, 3.05) is 18.5 Å². The number of hydrogen-bond donors (Lipinski definition) is 1. The van der Waals surface area contributed by atoms with Crippen molar-refractivity contribution in [3.8, 4) is 17.0 Å². The highest BCUT2D eigenvalue weighted by molar-refractivity contribution is 8.11. The first-order valence-electron chi connectivity index (χ1n) is 10.8. The fraction of sp³-hybridized carbons (Fsp3) is 0.261. The highest BCUT2D eigenvalue weighted by atomic mass is 35.9. The van der Waals surface area contributed by atoms with Crippen LogP contribution < -0.4 is 15.1 Å². The van der Waals surface area contributed by atoms with E-state index >= 15 is 0 Å². The first-order valence-corrected chi connectivity index (χ1v) is 14.8. The van der Waals surface area contributed by atoms with Gasteiger partial charge in [0.25, 0.3) is 5.91 Å². The van der Waals surface area contributed by atoms with E-state index < -0.39 is 24.7 Å². The molecular formula is C23H22Cl2N4O4P2. The van der Waals surface area contributed by atoms with Gasteiger partial charge in [0.1, 0.15) is 12.4 Å². The highest BCUT2D eigenvalue weighted by Crippen LogP contribution is 2.53. The third kappa shape index (κ3) is 5.36. The average Bonchev–Trinajstić information content (AvgIpc) is 3.17. The molecule has 1 atom stereocenters. The van der Waals surface area contributed by atoms with Crippen LogP contribution in [0.1, 0.15) is 35.8 Å². The second kappa shape index (κ2) is 11.0. The summed E-state index contributed by atoms with van der Waals surface area (Å²) in [5, 5.41) is 12.2. The van der Waals surface area contributed by atoms with E-state index in [1.165, 1.54) is 0 Å². The van der Waals surface area contributed by atoms with Crippen molar-refractivity contribution in [3.05, 3.63) is 53.5 Å². The second-order valence-corrected chi connectivity index (χ2v) is 12.4. The number of esters is 1. The molecule has 1 N–H and O–H groups in total. The molecule has 0 fully saturated rings. The largest absolute Gasteiger partial charge is 0.494 e. The van der Waals surface area contributed by atoms with E-state index in [0.717, 1.165) is 5.56 Å². The number of aromatic nitrogens is 1. The summed E-state index contributed by atoms with van der Waals surface area (Å²) in [6.07, 6.45) is -1.19. The molecule has 0 aliphatic carbocycles. The van der Waals surface area contributed by atoms with E-state index in [0.29, 0.717) is 48.2 Å². The van der Waals surface area contributed by atoms with Crippen molar-refractivity contribution in [1.29, 1.82) is 0 Å². The van der Waals surface area contributed by atoms with Gasteiger partial charge in [-0.2, -0.15) is 10.2 Å². The average molecular weight is 551 g/mol. The number of halogens is 2. The maximum absolute atomic E-state index is 13.4. The van der Waals surface area contributed by atoms with Crippen LogP contribution in [0.3, 0.4) is 0 Å². The van der Waals surface area contributed by atoms with Gasteiger partial charge in [0.05, 0.1) is 35.3 Å². The molecule has 0 saturated carbocycles. The molecule has 1 aromatic heterocycles. The lowest BCUT2D eigenvalue weighted by Crippen LogP contribution is -2.25. The minimum absolute atomic E-state index is 0.172. The first kappa shape index (κ1) is 25.6. The summed E-state index contributed by atoms with van der Waals surface area (Å²) in [6.45, 7) is 4.58. The van der Waals surface area contributed by atoms with Crippen LogP contribution in [-0.4, -0.2) is 29.7 Å². The van der Waals surface area contributed by atoms with Gasteiger partial charge >= 0.3 is 5.97 Å². The molecule has 182 valence electrons. The number of hydrogen-bond acceptors (Lipinski definition) is 6. The molecule has 35 heavy (non-hydrogen) atoms. The molecule has 0 saturated heterocycles. The lowest BCUT2D eigenvalue weighted by molar-refractivity contribution is -0.119. The van der Waals surface area contributed by atoms with Gasteiger partial charge in [-0.3, -0.25) is 9.36 Å². The van der Waals surface area contributed by atoms with Gasteiger partial charge < -0.3 is 14.8 Å². The third-order valence-corrected chi connectivity index (χ3v) is 9.28. The molecule has 1 unspecified atom stereocenters. The van der Waals surface area contributed by atoms with Crippen molar-refractivity contribution >= 4 is 65.6 Å². The van der Waals surface area contributed by atoms with Gasteiger partial charge in [-0.1, -0.05) is 40.2 Å². The minimum atomic E-state index is -1.63. The van der Waals surface area contributed by atoms with E-state index in [2.05, 4.69) is 15.5 Å². The molecule has 0 radical (unpaired) electrons.